The van der Waals surface area contributed by atoms with Crippen LogP contribution in [0.3, 0.4) is 0 Å². The van der Waals surface area contributed by atoms with Crippen LogP contribution in [0.25, 0.3) is 0 Å². The van der Waals surface area contributed by atoms with Crippen LogP contribution in [0.4, 0.5) is 0 Å². The molecule has 0 radical (unpaired) electrons. The molecule has 2 heterocycles. The molecule has 6 fully saturated rings. The van der Waals surface area contributed by atoms with Gasteiger partial charge in [-0.25, -0.2) is 4.79 Å². The van der Waals surface area contributed by atoms with Gasteiger partial charge >= 0.3 is 11.9 Å². The Hall–Kier alpha value is -1.69. The van der Waals surface area contributed by atoms with Gasteiger partial charge in [0, 0.05) is 22.3 Å². The number of cyclic esters (lactones) is 2. The monoisotopic (exact) mass is 428 g/mol. The van der Waals surface area contributed by atoms with Crippen molar-refractivity contribution in [2.24, 2.45) is 38.9 Å². The van der Waals surface area contributed by atoms with Crippen molar-refractivity contribution in [3.05, 3.63) is 12.2 Å². The fourth-order valence-corrected chi connectivity index (χ4v) is 10.3. The Morgan fingerprint density at radius 2 is 1.74 bits per heavy atom. The summed E-state index contributed by atoms with van der Waals surface area (Å²) in [6.07, 6.45) is 6.53. The van der Waals surface area contributed by atoms with E-state index < -0.39 is 32.9 Å². The van der Waals surface area contributed by atoms with Crippen LogP contribution < -0.4 is 0 Å². The predicted molar refractivity (Wildman–Crippen MR) is 109 cm³/mol. The SMILES string of the molecule is CC1(C)OC(=O)C=CC12CC[C@@]13C[C@@]4(C)C[C@@H]5C(=O)OC[C@]51[C@@](C)(C[C@H]3[C@@]2(C)O)C4=O. The highest BCUT2D eigenvalue weighted by atomic mass is 16.6. The molecule has 6 heteroatoms. The van der Waals surface area contributed by atoms with Gasteiger partial charge in [0.15, 0.2) is 0 Å². The molecule has 7 aliphatic rings. The first kappa shape index (κ1) is 20.0. The van der Waals surface area contributed by atoms with Crippen molar-refractivity contribution in [1.82, 2.24) is 0 Å². The number of carbonyl (C=O) groups is 3. The maximum absolute atomic E-state index is 13.9. The Morgan fingerprint density at radius 3 is 2.42 bits per heavy atom. The first-order chi connectivity index (χ1) is 14.2. The fourth-order valence-electron chi connectivity index (χ4n) is 10.3. The Bertz CT molecular complexity index is 994. The van der Waals surface area contributed by atoms with Crippen molar-refractivity contribution in [3.63, 3.8) is 0 Å². The molecule has 1 unspecified atom stereocenters. The summed E-state index contributed by atoms with van der Waals surface area (Å²) < 4.78 is 11.5. The van der Waals surface area contributed by atoms with E-state index in [1.54, 1.807) is 0 Å². The molecule has 31 heavy (non-hydrogen) atoms. The number of Topliss-reactive ketones (excluding diaryl/α,β-unsaturated/α-hetero) is 1. The Kier molecular flexibility index (Phi) is 3.19. The summed E-state index contributed by atoms with van der Waals surface area (Å²) in [5.41, 5.74) is -5.01. The summed E-state index contributed by atoms with van der Waals surface area (Å²) in [7, 11) is 0. The number of hydrogen-bond acceptors (Lipinski definition) is 6. The van der Waals surface area contributed by atoms with E-state index in [4.69, 9.17) is 9.47 Å². The van der Waals surface area contributed by atoms with Crippen molar-refractivity contribution < 1.29 is 29.0 Å². The third-order valence-corrected chi connectivity index (χ3v) is 11.4. The van der Waals surface area contributed by atoms with Crippen LogP contribution in [0.15, 0.2) is 12.2 Å². The molecule has 0 aromatic rings. The summed E-state index contributed by atoms with van der Waals surface area (Å²) in [6, 6.07) is 0. The molecule has 0 amide bonds. The summed E-state index contributed by atoms with van der Waals surface area (Å²) in [6.45, 7) is 9.97. The molecule has 8 atom stereocenters. The van der Waals surface area contributed by atoms with Crippen LogP contribution >= 0.6 is 0 Å². The zero-order valence-electron chi connectivity index (χ0n) is 19.0. The molecular weight excluding hydrogens is 396 g/mol. The molecule has 1 saturated heterocycles. The van der Waals surface area contributed by atoms with E-state index in [2.05, 4.69) is 0 Å². The summed E-state index contributed by atoms with van der Waals surface area (Å²) in [5, 5.41) is 12.4. The van der Waals surface area contributed by atoms with Gasteiger partial charge in [-0.1, -0.05) is 19.9 Å². The van der Waals surface area contributed by atoms with E-state index >= 15 is 0 Å². The zero-order valence-corrected chi connectivity index (χ0v) is 19.0. The van der Waals surface area contributed by atoms with Crippen LogP contribution in [0.5, 0.6) is 0 Å². The smallest absolute Gasteiger partial charge is 0.331 e. The molecule has 5 saturated carbocycles. The van der Waals surface area contributed by atoms with Gasteiger partial charge in [-0.3, -0.25) is 9.59 Å². The third-order valence-electron chi connectivity index (χ3n) is 11.4. The molecule has 4 bridgehead atoms. The molecule has 168 valence electrons. The van der Waals surface area contributed by atoms with E-state index in [9.17, 15) is 19.5 Å². The number of aliphatic hydroxyl groups is 1. The largest absolute Gasteiger partial charge is 0.465 e. The highest BCUT2D eigenvalue weighted by Gasteiger charge is 2.89. The van der Waals surface area contributed by atoms with Gasteiger partial charge < -0.3 is 14.6 Å². The highest BCUT2D eigenvalue weighted by molar-refractivity contribution is 5.97. The van der Waals surface area contributed by atoms with Gasteiger partial charge in [-0.15, -0.1) is 0 Å². The Morgan fingerprint density at radius 1 is 1.03 bits per heavy atom. The lowest BCUT2D eigenvalue weighted by atomic mass is 9.32. The van der Waals surface area contributed by atoms with E-state index in [0.717, 1.165) is 6.42 Å². The van der Waals surface area contributed by atoms with Crippen molar-refractivity contribution in [2.75, 3.05) is 6.61 Å². The Balaban J connectivity index is 1.59. The lowest BCUT2D eigenvalue weighted by molar-refractivity contribution is -0.266. The molecule has 7 rings (SSSR count). The quantitative estimate of drug-likeness (QED) is 0.597. The molecule has 5 aliphatic carbocycles. The summed E-state index contributed by atoms with van der Waals surface area (Å²) in [4.78, 5) is 38.9. The van der Waals surface area contributed by atoms with Gasteiger partial charge in [-0.05, 0) is 64.2 Å². The lowest BCUT2D eigenvalue weighted by Gasteiger charge is -2.70. The maximum atomic E-state index is 13.9. The minimum atomic E-state index is -1.21. The average Bonchev–Trinajstić information content (AvgIpc) is 3.09. The van der Waals surface area contributed by atoms with Gasteiger partial charge in [0.1, 0.15) is 11.4 Å². The normalized spacial score (nSPS) is 58.2. The van der Waals surface area contributed by atoms with Crippen LogP contribution in [0.2, 0.25) is 0 Å². The molecule has 1 N–H and O–H groups in total. The molecule has 0 aromatic heterocycles. The number of carbonyl (C=O) groups excluding carboxylic acids is 3. The topological polar surface area (TPSA) is 89.9 Å². The number of hydrogen-bond donors (Lipinski definition) is 1. The average molecular weight is 429 g/mol. The number of ketones is 1. The van der Waals surface area contributed by atoms with E-state index in [0.29, 0.717) is 25.7 Å². The first-order valence-electron chi connectivity index (χ1n) is 11.6. The van der Waals surface area contributed by atoms with Crippen molar-refractivity contribution in [2.45, 2.75) is 77.9 Å². The van der Waals surface area contributed by atoms with Gasteiger partial charge in [0.2, 0.25) is 0 Å². The van der Waals surface area contributed by atoms with E-state index in [1.165, 1.54) is 6.08 Å². The summed E-state index contributed by atoms with van der Waals surface area (Å²) >= 11 is 0. The van der Waals surface area contributed by atoms with Crippen molar-refractivity contribution >= 4 is 17.7 Å². The number of ether oxygens (including phenoxy) is 2. The minimum Gasteiger partial charge on any atom is -0.465 e. The van der Waals surface area contributed by atoms with Crippen LogP contribution in [-0.4, -0.2) is 40.6 Å². The lowest BCUT2D eigenvalue weighted by Crippen LogP contribution is -2.73. The Labute approximate surface area is 182 Å². The predicted octanol–water partition coefficient (Wildman–Crippen LogP) is 2.96. The van der Waals surface area contributed by atoms with Crippen LogP contribution in [0, 0.1) is 38.9 Å². The van der Waals surface area contributed by atoms with Gasteiger partial charge in [0.25, 0.3) is 0 Å². The highest BCUT2D eigenvalue weighted by Crippen LogP contribution is 2.86. The van der Waals surface area contributed by atoms with Crippen LogP contribution in [-0.2, 0) is 23.9 Å². The molecular formula is C25H32O6. The molecule has 2 aliphatic heterocycles. The van der Waals surface area contributed by atoms with Gasteiger partial charge in [0.05, 0.1) is 23.5 Å². The number of esters is 2. The van der Waals surface area contributed by atoms with E-state index in [1.807, 2.05) is 40.7 Å². The second-order valence-corrected chi connectivity index (χ2v) is 12.5. The maximum Gasteiger partial charge on any atom is 0.331 e. The van der Waals surface area contributed by atoms with Crippen LogP contribution in [0.1, 0.15) is 66.7 Å². The van der Waals surface area contributed by atoms with Crippen molar-refractivity contribution in [3.8, 4) is 0 Å². The zero-order chi connectivity index (χ0) is 22.5. The standard InChI is InChI=1S/C25H32O6/c1-19(2)24(7-6-16(26)31-19)9-8-23-12-20(3)10-14-17(27)30-13-25(14,23)21(4,18(20)28)11-15(23)22(24,5)29/h6-7,14-15,29H,8-13H2,1-5H3/t14-,15+,20-,21+,22-,23+,24?,25-/m1/s1. The molecule has 6 nitrogen and oxygen atoms in total. The van der Waals surface area contributed by atoms with Gasteiger partial charge in [-0.2, -0.15) is 0 Å². The fraction of sp³-hybridized carbons (Fsp3) is 0.800. The second-order valence-electron chi connectivity index (χ2n) is 12.5. The molecule has 0 aromatic carbocycles. The summed E-state index contributed by atoms with van der Waals surface area (Å²) in [5.74, 6) is -0.793. The molecule has 3 spiro atoms. The minimum absolute atomic E-state index is 0.170. The third kappa shape index (κ3) is 1.67. The van der Waals surface area contributed by atoms with Crippen molar-refractivity contribution in [1.29, 1.82) is 0 Å². The first-order valence-corrected chi connectivity index (χ1v) is 11.6. The number of rotatable bonds is 0. The van der Waals surface area contributed by atoms with E-state index in [-0.39, 0.29) is 41.6 Å². The second kappa shape index (κ2) is 4.95.